The molecule has 3 rings (SSSR count). The highest BCUT2D eigenvalue weighted by molar-refractivity contribution is 7.85. The molecule has 0 saturated heterocycles. The molecule has 2 aromatic carbocycles. The fourth-order valence-electron chi connectivity index (χ4n) is 1.81. The molecule has 0 aliphatic heterocycles. The number of fused-ring (bicyclic) bond motifs is 1. The molecule has 0 N–H and O–H groups in total. The first kappa shape index (κ1) is 12.0. The lowest BCUT2D eigenvalue weighted by Crippen LogP contribution is -1.98. The summed E-state index contributed by atoms with van der Waals surface area (Å²) >= 11 is 0. The Kier molecular flexibility index (Phi) is 3.09. The van der Waals surface area contributed by atoms with Crippen molar-refractivity contribution in [2.45, 2.75) is 16.8 Å². The number of para-hydroxylation sites is 2. The first-order chi connectivity index (χ1) is 9.24. The predicted octanol–water partition coefficient (Wildman–Crippen LogP) is 3.10. The Morgan fingerprint density at radius 1 is 0.947 bits per heavy atom. The van der Waals surface area contributed by atoms with Crippen molar-refractivity contribution in [2.24, 2.45) is 0 Å². The molecule has 19 heavy (non-hydrogen) atoms. The second kappa shape index (κ2) is 4.90. The Hall–Kier alpha value is -2.07. The van der Waals surface area contributed by atoms with Gasteiger partial charge in [-0.05, 0) is 31.2 Å². The van der Waals surface area contributed by atoms with Gasteiger partial charge in [0.2, 0.25) is 0 Å². The highest BCUT2D eigenvalue weighted by Gasteiger charge is 2.09. The van der Waals surface area contributed by atoms with E-state index in [4.69, 9.17) is 0 Å². The van der Waals surface area contributed by atoms with Crippen LogP contribution in [-0.2, 0) is 10.8 Å². The standard InChI is InChI=1S/C15H12N2OS/c1-11-6-8-12(9-7-11)19(18)15-10-16-13-4-2-3-5-14(13)17-15/h2-10H,1H3. The molecule has 0 aliphatic rings. The van der Waals surface area contributed by atoms with Crippen molar-refractivity contribution in [3.63, 3.8) is 0 Å². The van der Waals surface area contributed by atoms with Crippen LogP contribution < -0.4 is 0 Å². The van der Waals surface area contributed by atoms with Gasteiger partial charge in [-0.2, -0.15) is 0 Å². The van der Waals surface area contributed by atoms with Crippen molar-refractivity contribution >= 4 is 21.8 Å². The average molecular weight is 268 g/mol. The lowest BCUT2D eigenvalue weighted by atomic mass is 10.2. The van der Waals surface area contributed by atoms with E-state index in [-0.39, 0.29) is 0 Å². The molecule has 0 radical (unpaired) electrons. The van der Waals surface area contributed by atoms with Gasteiger partial charge in [0.1, 0.15) is 10.8 Å². The first-order valence-electron chi connectivity index (χ1n) is 5.94. The molecular formula is C15H12N2OS. The molecule has 1 atom stereocenters. The van der Waals surface area contributed by atoms with Crippen LogP contribution >= 0.6 is 0 Å². The van der Waals surface area contributed by atoms with Crippen molar-refractivity contribution in [3.8, 4) is 0 Å². The van der Waals surface area contributed by atoms with Crippen LogP contribution in [0.1, 0.15) is 5.56 Å². The van der Waals surface area contributed by atoms with Gasteiger partial charge in [-0.25, -0.2) is 9.19 Å². The number of rotatable bonds is 2. The van der Waals surface area contributed by atoms with Gasteiger partial charge in [-0.3, -0.25) is 4.98 Å². The molecule has 0 aliphatic carbocycles. The van der Waals surface area contributed by atoms with Gasteiger partial charge in [0.05, 0.1) is 17.2 Å². The third-order valence-corrected chi connectivity index (χ3v) is 4.13. The average Bonchev–Trinajstić information content (AvgIpc) is 2.47. The monoisotopic (exact) mass is 268 g/mol. The molecule has 3 aromatic rings. The molecule has 0 amide bonds. The lowest BCUT2D eigenvalue weighted by Gasteiger charge is -2.03. The maximum atomic E-state index is 12.4. The second-order valence-corrected chi connectivity index (χ2v) is 5.71. The number of hydrogen-bond acceptors (Lipinski definition) is 3. The van der Waals surface area contributed by atoms with E-state index in [9.17, 15) is 4.21 Å². The van der Waals surface area contributed by atoms with Crippen LogP contribution in [0.4, 0.5) is 0 Å². The SMILES string of the molecule is Cc1ccc(S(=O)c2cnc3ccccc3n2)cc1. The van der Waals surface area contributed by atoms with Crippen molar-refractivity contribution in [2.75, 3.05) is 0 Å². The predicted molar refractivity (Wildman–Crippen MR) is 75.4 cm³/mol. The minimum absolute atomic E-state index is 0.488. The van der Waals surface area contributed by atoms with E-state index in [1.165, 1.54) is 0 Å². The number of hydrogen-bond donors (Lipinski definition) is 0. The molecule has 4 heteroatoms. The summed E-state index contributed by atoms with van der Waals surface area (Å²) in [6.07, 6.45) is 1.58. The third-order valence-electron chi connectivity index (χ3n) is 2.85. The smallest absolute Gasteiger partial charge is 0.151 e. The van der Waals surface area contributed by atoms with E-state index in [0.29, 0.717) is 5.03 Å². The Balaban J connectivity index is 2.04. The van der Waals surface area contributed by atoms with Gasteiger partial charge in [0, 0.05) is 4.90 Å². The molecule has 94 valence electrons. The van der Waals surface area contributed by atoms with Crippen LogP contribution in [0.25, 0.3) is 11.0 Å². The lowest BCUT2D eigenvalue weighted by molar-refractivity contribution is 0.680. The highest BCUT2D eigenvalue weighted by Crippen LogP contribution is 2.17. The highest BCUT2D eigenvalue weighted by atomic mass is 32.2. The molecule has 0 fully saturated rings. The Morgan fingerprint density at radius 3 is 2.37 bits per heavy atom. The summed E-state index contributed by atoms with van der Waals surface area (Å²) in [4.78, 5) is 9.45. The fourth-order valence-corrected chi connectivity index (χ4v) is 2.77. The molecule has 1 unspecified atom stereocenters. The number of nitrogens with zero attached hydrogens (tertiary/aromatic N) is 2. The molecule has 3 nitrogen and oxygen atoms in total. The van der Waals surface area contributed by atoms with Crippen molar-refractivity contribution in [1.82, 2.24) is 9.97 Å². The molecule has 1 aromatic heterocycles. The van der Waals surface area contributed by atoms with Gasteiger partial charge < -0.3 is 0 Å². The normalized spacial score (nSPS) is 12.5. The quantitative estimate of drug-likeness (QED) is 0.717. The van der Waals surface area contributed by atoms with Gasteiger partial charge in [-0.15, -0.1) is 0 Å². The summed E-state index contributed by atoms with van der Waals surface area (Å²) in [5.74, 6) is 0. The zero-order valence-corrected chi connectivity index (χ0v) is 11.2. The number of aromatic nitrogens is 2. The topological polar surface area (TPSA) is 42.9 Å². The molecule has 0 saturated carbocycles. The minimum atomic E-state index is -1.28. The van der Waals surface area contributed by atoms with Crippen LogP contribution in [0.2, 0.25) is 0 Å². The van der Waals surface area contributed by atoms with Crippen LogP contribution in [0.5, 0.6) is 0 Å². The van der Waals surface area contributed by atoms with Crippen molar-refractivity contribution in [3.05, 3.63) is 60.3 Å². The maximum absolute atomic E-state index is 12.4. The Morgan fingerprint density at radius 2 is 1.63 bits per heavy atom. The van der Waals surface area contributed by atoms with E-state index in [1.54, 1.807) is 6.20 Å². The first-order valence-corrected chi connectivity index (χ1v) is 7.09. The fraction of sp³-hybridized carbons (Fsp3) is 0.0667. The van der Waals surface area contributed by atoms with Crippen LogP contribution in [0.15, 0.2) is 64.6 Å². The van der Waals surface area contributed by atoms with E-state index in [2.05, 4.69) is 9.97 Å². The molecular weight excluding hydrogens is 256 g/mol. The van der Waals surface area contributed by atoms with Gasteiger partial charge in [0.25, 0.3) is 0 Å². The van der Waals surface area contributed by atoms with E-state index >= 15 is 0 Å². The summed E-state index contributed by atoms with van der Waals surface area (Å²) in [5, 5.41) is 0.488. The van der Waals surface area contributed by atoms with E-state index < -0.39 is 10.8 Å². The minimum Gasteiger partial charge on any atom is -0.252 e. The summed E-state index contributed by atoms with van der Waals surface area (Å²) in [6, 6.07) is 15.2. The maximum Gasteiger partial charge on any atom is 0.151 e. The van der Waals surface area contributed by atoms with Crippen LogP contribution in [-0.4, -0.2) is 14.2 Å². The number of aryl methyl sites for hydroxylation is 1. The second-order valence-electron chi connectivity index (χ2n) is 4.28. The van der Waals surface area contributed by atoms with Crippen molar-refractivity contribution < 1.29 is 4.21 Å². The summed E-state index contributed by atoms with van der Waals surface area (Å²) in [5.41, 5.74) is 2.72. The number of benzene rings is 2. The van der Waals surface area contributed by atoms with Gasteiger partial charge in [-0.1, -0.05) is 29.8 Å². The van der Waals surface area contributed by atoms with Crippen LogP contribution in [0.3, 0.4) is 0 Å². The molecule has 0 spiro atoms. The largest absolute Gasteiger partial charge is 0.252 e. The molecule has 1 heterocycles. The Bertz CT molecular complexity index is 753. The molecule has 0 bridgehead atoms. The third kappa shape index (κ3) is 2.39. The van der Waals surface area contributed by atoms with Gasteiger partial charge in [0.15, 0.2) is 5.03 Å². The van der Waals surface area contributed by atoms with Crippen LogP contribution in [0, 0.1) is 6.92 Å². The van der Waals surface area contributed by atoms with Gasteiger partial charge >= 0.3 is 0 Å². The van der Waals surface area contributed by atoms with Crippen molar-refractivity contribution in [1.29, 1.82) is 0 Å². The van der Waals surface area contributed by atoms with E-state index in [1.807, 2.05) is 55.5 Å². The Labute approximate surface area is 113 Å². The zero-order valence-electron chi connectivity index (χ0n) is 10.4. The summed E-state index contributed by atoms with van der Waals surface area (Å²) in [6.45, 7) is 2.00. The summed E-state index contributed by atoms with van der Waals surface area (Å²) < 4.78 is 12.4. The zero-order chi connectivity index (χ0) is 13.2. The van der Waals surface area contributed by atoms with E-state index in [0.717, 1.165) is 21.5 Å². The summed E-state index contributed by atoms with van der Waals surface area (Å²) in [7, 11) is -1.28.